The predicted molar refractivity (Wildman–Crippen MR) is 146 cm³/mol. The molecular weight excluding hydrogens is 462 g/mol. The first-order valence-corrected chi connectivity index (χ1v) is 13.9. The topological polar surface area (TPSA) is 78.5 Å². The van der Waals surface area contributed by atoms with Gasteiger partial charge in [-0.25, -0.2) is 0 Å². The van der Waals surface area contributed by atoms with Gasteiger partial charge < -0.3 is 10.6 Å². The number of carbonyl (C=O) groups is 3. The lowest BCUT2D eigenvalue weighted by molar-refractivity contribution is -0.132. The summed E-state index contributed by atoms with van der Waals surface area (Å²) in [4.78, 5) is 42.0. The second-order valence-electron chi connectivity index (χ2n) is 11.1. The highest BCUT2D eigenvalue weighted by molar-refractivity contribution is 5.95. The van der Waals surface area contributed by atoms with E-state index < -0.39 is 6.04 Å². The number of fused-ring (bicyclic) bond motifs is 1. The summed E-state index contributed by atoms with van der Waals surface area (Å²) in [5.74, 6) is -0.241. The third-order valence-corrected chi connectivity index (χ3v) is 7.68. The third kappa shape index (κ3) is 7.51. The lowest BCUT2D eigenvalue weighted by atomic mass is 9.83. The van der Waals surface area contributed by atoms with Gasteiger partial charge in [-0.15, -0.1) is 0 Å². The summed E-state index contributed by atoms with van der Waals surface area (Å²) >= 11 is 0. The van der Waals surface area contributed by atoms with Crippen LogP contribution in [0.15, 0.2) is 54.6 Å². The van der Waals surface area contributed by atoms with Crippen molar-refractivity contribution in [2.24, 2.45) is 11.8 Å². The van der Waals surface area contributed by atoms with Crippen molar-refractivity contribution in [2.45, 2.75) is 77.4 Å². The molecule has 1 heterocycles. The molecule has 37 heavy (non-hydrogen) atoms. The maximum atomic E-state index is 13.5. The number of benzene rings is 2. The van der Waals surface area contributed by atoms with Crippen molar-refractivity contribution in [3.63, 3.8) is 0 Å². The fourth-order valence-electron chi connectivity index (χ4n) is 5.71. The van der Waals surface area contributed by atoms with Gasteiger partial charge in [-0.05, 0) is 67.8 Å². The minimum absolute atomic E-state index is 0.0714. The van der Waals surface area contributed by atoms with E-state index in [9.17, 15) is 14.4 Å². The van der Waals surface area contributed by atoms with E-state index in [1.54, 1.807) is 12.1 Å². The molecule has 6 heteroatoms. The maximum Gasteiger partial charge on any atom is 0.251 e. The van der Waals surface area contributed by atoms with Gasteiger partial charge in [0, 0.05) is 18.2 Å². The standard InChI is InChI=1S/C31H41N3O3/c1-22(2)19-28(29(35)21-34-18-10-15-23-11-6-7-14-25(23)20-34)33-31(37)26-16-8-9-17-27(26)32-30(36)24-12-4-3-5-13-24/h3-7,11-14,22,26-28H,8-10,15-21H2,1-2H3,(H,32,36)(H,33,37)/t26-,27-,28-/m1/s1. The number of rotatable bonds is 9. The van der Waals surface area contributed by atoms with Gasteiger partial charge in [0.1, 0.15) is 0 Å². The molecule has 2 aliphatic rings. The number of aryl methyl sites for hydroxylation is 1. The van der Waals surface area contributed by atoms with Crippen LogP contribution < -0.4 is 10.6 Å². The number of ketones is 1. The van der Waals surface area contributed by atoms with Gasteiger partial charge in [0.2, 0.25) is 5.91 Å². The van der Waals surface area contributed by atoms with E-state index in [0.29, 0.717) is 18.5 Å². The highest BCUT2D eigenvalue weighted by Crippen LogP contribution is 2.26. The minimum atomic E-state index is -0.515. The molecule has 2 aromatic rings. The summed E-state index contributed by atoms with van der Waals surface area (Å²) in [6, 6.07) is 16.9. The highest BCUT2D eigenvalue weighted by Gasteiger charge is 2.34. The number of carbonyl (C=O) groups excluding carboxylic acids is 3. The van der Waals surface area contributed by atoms with Crippen LogP contribution in [-0.2, 0) is 22.6 Å². The Hall–Kier alpha value is -2.99. The number of hydrogen-bond acceptors (Lipinski definition) is 4. The van der Waals surface area contributed by atoms with Crippen LogP contribution in [0.2, 0.25) is 0 Å². The normalized spacial score (nSPS) is 20.9. The zero-order valence-electron chi connectivity index (χ0n) is 22.2. The number of amides is 2. The van der Waals surface area contributed by atoms with Crippen molar-refractivity contribution >= 4 is 17.6 Å². The molecule has 6 nitrogen and oxygen atoms in total. The summed E-state index contributed by atoms with van der Waals surface area (Å²) in [7, 11) is 0. The van der Waals surface area contributed by atoms with Gasteiger partial charge >= 0.3 is 0 Å². The van der Waals surface area contributed by atoms with Crippen LogP contribution in [0.25, 0.3) is 0 Å². The molecule has 2 aromatic carbocycles. The molecule has 1 aliphatic heterocycles. The average Bonchev–Trinajstić information content (AvgIpc) is 3.10. The van der Waals surface area contributed by atoms with Crippen molar-refractivity contribution in [3.8, 4) is 0 Å². The Morgan fingerprint density at radius 3 is 2.38 bits per heavy atom. The van der Waals surface area contributed by atoms with Gasteiger partial charge in [0.25, 0.3) is 5.91 Å². The summed E-state index contributed by atoms with van der Waals surface area (Å²) in [6.07, 6.45) is 6.09. The molecule has 3 atom stereocenters. The largest absolute Gasteiger partial charge is 0.349 e. The quantitative estimate of drug-likeness (QED) is 0.527. The fraction of sp³-hybridized carbons (Fsp3) is 0.516. The first kappa shape index (κ1) is 27.1. The van der Waals surface area contributed by atoms with Gasteiger partial charge in [-0.2, -0.15) is 0 Å². The molecule has 2 N–H and O–H groups in total. The van der Waals surface area contributed by atoms with E-state index in [0.717, 1.165) is 51.6 Å². The summed E-state index contributed by atoms with van der Waals surface area (Å²) in [5, 5.41) is 6.22. The Labute approximate surface area is 221 Å². The molecule has 0 unspecified atom stereocenters. The Balaban J connectivity index is 1.40. The van der Waals surface area contributed by atoms with Gasteiger partial charge in [-0.3, -0.25) is 19.3 Å². The van der Waals surface area contributed by atoms with Crippen LogP contribution in [0.4, 0.5) is 0 Å². The second kappa shape index (κ2) is 13.0. The van der Waals surface area contributed by atoms with Gasteiger partial charge in [0.05, 0.1) is 18.5 Å². The van der Waals surface area contributed by atoms with Crippen molar-refractivity contribution in [1.82, 2.24) is 15.5 Å². The summed E-state index contributed by atoms with van der Waals surface area (Å²) in [6.45, 7) is 6.14. The predicted octanol–water partition coefficient (Wildman–Crippen LogP) is 4.52. The molecule has 2 amide bonds. The molecule has 1 aliphatic carbocycles. The number of nitrogens with one attached hydrogen (secondary N) is 2. The molecule has 0 spiro atoms. The SMILES string of the molecule is CC(C)C[C@@H](NC(=O)[C@@H]1CCCC[C@H]1NC(=O)c1ccccc1)C(=O)CN1CCCc2ccccc2C1. The smallest absolute Gasteiger partial charge is 0.251 e. The van der Waals surface area contributed by atoms with Gasteiger partial charge in [0.15, 0.2) is 5.78 Å². The summed E-state index contributed by atoms with van der Waals surface area (Å²) in [5.41, 5.74) is 3.25. The van der Waals surface area contributed by atoms with Crippen LogP contribution in [0.1, 0.15) is 73.9 Å². The van der Waals surface area contributed by atoms with Crippen molar-refractivity contribution in [2.75, 3.05) is 13.1 Å². The Morgan fingerprint density at radius 1 is 0.919 bits per heavy atom. The Kier molecular flexibility index (Phi) is 9.51. The Bertz CT molecular complexity index is 1070. The minimum Gasteiger partial charge on any atom is -0.349 e. The zero-order valence-corrected chi connectivity index (χ0v) is 22.2. The molecule has 0 bridgehead atoms. The van der Waals surface area contributed by atoms with Crippen LogP contribution in [-0.4, -0.2) is 47.7 Å². The molecule has 4 rings (SSSR count). The molecule has 0 aromatic heterocycles. The summed E-state index contributed by atoms with van der Waals surface area (Å²) < 4.78 is 0. The monoisotopic (exact) mass is 503 g/mol. The van der Waals surface area contributed by atoms with E-state index in [2.05, 4.69) is 53.6 Å². The Morgan fingerprint density at radius 2 is 1.62 bits per heavy atom. The molecule has 0 radical (unpaired) electrons. The van der Waals surface area contributed by atoms with Crippen LogP contribution >= 0.6 is 0 Å². The number of nitrogens with zero attached hydrogens (tertiary/aromatic N) is 1. The number of Topliss-reactive ketones (excluding diaryl/α,β-unsaturated/α-hetero) is 1. The number of hydrogen-bond donors (Lipinski definition) is 2. The first-order valence-electron chi connectivity index (χ1n) is 13.9. The molecule has 1 saturated carbocycles. The third-order valence-electron chi connectivity index (χ3n) is 7.68. The average molecular weight is 504 g/mol. The molecule has 0 saturated heterocycles. The second-order valence-corrected chi connectivity index (χ2v) is 11.1. The molecule has 198 valence electrons. The van der Waals surface area contributed by atoms with Crippen molar-refractivity contribution in [1.29, 1.82) is 0 Å². The van der Waals surface area contributed by atoms with Crippen LogP contribution in [0.5, 0.6) is 0 Å². The zero-order chi connectivity index (χ0) is 26.2. The lowest BCUT2D eigenvalue weighted by Gasteiger charge is -2.33. The van der Waals surface area contributed by atoms with Crippen molar-refractivity contribution in [3.05, 3.63) is 71.3 Å². The van der Waals surface area contributed by atoms with Crippen LogP contribution in [0.3, 0.4) is 0 Å². The molecular formula is C31H41N3O3. The molecule has 1 fully saturated rings. The fourth-order valence-corrected chi connectivity index (χ4v) is 5.71. The van der Waals surface area contributed by atoms with E-state index in [4.69, 9.17) is 0 Å². The lowest BCUT2D eigenvalue weighted by Crippen LogP contribution is -2.53. The maximum absolute atomic E-state index is 13.5. The van der Waals surface area contributed by atoms with E-state index >= 15 is 0 Å². The van der Waals surface area contributed by atoms with Gasteiger partial charge in [-0.1, -0.05) is 69.2 Å². The van der Waals surface area contributed by atoms with E-state index in [-0.39, 0.29) is 35.5 Å². The van der Waals surface area contributed by atoms with E-state index in [1.807, 2.05) is 18.2 Å². The van der Waals surface area contributed by atoms with Crippen LogP contribution in [0, 0.1) is 11.8 Å². The van der Waals surface area contributed by atoms with Crippen molar-refractivity contribution < 1.29 is 14.4 Å². The van der Waals surface area contributed by atoms with E-state index in [1.165, 1.54) is 11.1 Å². The highest BCUT2D eigenvalue weighted by atomic mass is 16.2. The first-order chi connectivity index (χ1) is 17.9.